The second kappa shape index (κ2) is 5.60. The smallest absolute Gasteiger partial charge is 0.223 e. The maximum Gasteiger partial charge on any atom is 0.223 e. The Morgan fingerprint density at radius 2 is 2.47 bits per heavy atom. The molecule has 2 rings (SSSR count). The second-order valence-electron chi connectivity index (χ2n) is 4.76. The van der Waals surface area contributed by atoms with E-state index in [-0.39, 0.29) is 11.8 Å². The van der Waals surface area contributed by atoms with E-state index in [1.54, 1.807) is 11.3 Å². The average molecular weight is 253 g/mol. The van der Waals surface area contributed by atoms with Gasteiger partial charge in [-0.15, -0.1) is 11.3 Å². The van der Waals surface area contributed by atoms with Crippen LogP contribution in [0.4, 0.5) is 0 Å². The van der Waals surface area contributed by atoms with Gasteiger partial charge in [-0.1, -0.05) is 0 Å². The fourth-order valence-corrected chi connectivity index (χ4v) is 2.97. The molecule has 5 heteroatoms. The maximum atomic E-state index is 12.0. The molecule has 0 aromatic carbocycles. The van der Waals surface area contributed by atoms with Gasteiger partial charge < -0.3 is 10.2 Å². The molecule has 17 heavy (non-hydrogen) atoms. The molecule has 0 spiro atoms. The summed E-state index contributed by atoms with van der Waals surface area (Å²) in [7, 11) is 4.02. The number of aryl methyl sites for hydroxylation is 1. The molecule has 1 heterocycles. The number of likely N-dealkylation sites (N-methyl/N-ethyl adjacent to an activating group) is 1. The molecule has 1 aromatic heterocycles. The fourth-order valence-electron chi connectivity index (χ4n) is 2.07. The standard InChI is InChI=1S/C12H19N3OS/c1-15(2)6-5-13-12(16)9-3-4-10-11(7-9)17-8-14-10/h8-9H,3-7H2,1-2H3,(H,13,16). The monoisotopic (exact) mass is 253 g/mol. The third-order valence-electron chi connectivity index (χ3n) is 3.12. The van der Waals surface area contributed by atoms with E-state index in [0.29, 0.717) is 0 Å². The van der Waals surface area contributed by atoms with E-state index in [9.17, 15) is 4.79 Å². The van der Waals surface area contributed by atoms with Crippen molar-refractivity contribution in [2.75, 3.05) is 27.2 Å². The topological polar surface area (TPSA) is 45.2 Å². The molecule has 0 radical (unpaired) electrons. The Bertz CT molecular complexity index is 389. The van der Waals surface area contributed by atoms with Crippen LogP contribution in [0.15, 0.2) is 5.51 Å². The summed E-state index contributed by atoms with van der Waals surface area (Å²) in [6.45, 7) is 1.63. The number of amides is 1. The highest BCUT2D eigenvalue weighted by molar-refractivity contribution is 7.09. The number of carbonyl (C=O) groups excluding carboxylic acids is 1. The first-order valence-corrected chi connectivity index (χ1v) is 6.88. The number of fused-ring (bicyclic) bond motifs is 1. The van der Waals surface area contributed by atoms with Gasteiger partial charge in [-0.3, -0.25) is 4.79 Å². The Hall–Kier alpha value is -0.940. The molecule has 1 N–H and O–H groups in total. The number of rotatable bonds is 4. The van der Waals surface area contributed by atoms with Crippen molar-refractivity contribution in [1.29, 1.82) is 0 Å². The molecule has 94 valence electrons. The highest BCUT2D eigenvalue weighted by Gasteiger charge is 2.25. The minimum Gasteiger partial charge on any atom is -0.355 e. The summed E-state index contributed by atoms with van der Waals surface area (Å²) < 4.78 is 0. The van der Waals surface area contributed by atoms with E-state index >= 15 is 0 Å². The lowest BCUT2D eigenvalue weighted by atomic mass is 9.90. The van der Waals surface area contributed by atoms with Gasteiger partial charge in [0, 0.05) is 23.9 Å². The highest BCUT2D eigenvalue weighted by atomic mass is 32.1. The van der Waals surface area contributed by atoms with Crippen LogP contribution < -0.4 is 5.32 Å². The van der Waals surface area contributed by atoms with E-state index in [2.05, 4.69) is 15.2 Å². The first kappa shape index (κ1) is 12.5. The third kappa shape index (κ3) is 3.26. The van der Waals surface area contributed by atoms with Crippen LogP contribution in [0.3, 0.4) is 0 Å². The quantitative estimate of drug-likeness (QED) is 0.868. The van der Waals surface area contributed by atoms with E-state index in [4.69, 9.17) is 0 Å². The molecular weight excluding hydrogens is 234 g/mol. The molecule has 1 aliphatic rings. The van der Waals surface area contributed by atoms with Crippen LogP contribution in [0, 0.1) is 5.92 Å². The van der Waals surface area contributed by atoms with Gasteiger partial charge in [0.05, 0.1) is 11.2 Å². The van der Waals surface area contributed by atoms with Gasteiger partial charge in [0.2, 0.25) is 5.91 Å². The zero-order valence-electron chi connectivity index (χ0n) is 10.4. The second-order valence-corrected chi connectivity index (χ2v) is 5.70. The SMILES string of the molecule is CN(C)CCNC(=O)C1CCc2ncsc2C1. The summed E-state index contributed by atoms with van der Waals surface area (Å²) in [5, 5.41) is 3.01. The van der Waals surface area contributed by atoms with Crippen molar-refractivity contribution >= 4 is 17.2 Å². The Labute approximate surface area is 106 Å². The predicted molar refractivity (Wildman–Crippen MR) is 69.2 cm³/mol. The molecule has 0 bridgehead atoms. The van der Waals surface area contributed by atoms with Gasteiger partial charge in [0.25, 0.3) is 0 Å². The lowest BCUT2D eigenvalue weighted by Crippen LogP contribution is -2.37. The average Bonchev–Trinajstić information content (AvgIpc) is 2.75. The van der Waals surface area contributed by atoms with Crippen LogP contribution in [0.2, 0.25) is 0 Å². The molecule has 0 saturated heterocycles. The van der Waals surface area contributed by atoms with Gasteiger partial charge in [0.1, 0.15) is 0 Å². The van der Waals surface area contributed by atoms with Crippen LogP contribution in [-0.2, 0) is 17.6 Å². The minimum atomic E-state index is 0.144. The van der Waals surface area contributed by atoms with Crippen LogP contribution in [-0.4, -0.2) is 43.0 Å². The fraction of sp³-hybridized carbons (Fsp3) is 0.667. The van der Waals surface area contributed by atoms with Crippen LogP contribution in [0.1, 0.15) is 17.0 Å². The van der Waals surface area contributed by atoms with Gasteiger partial charge in [-0.05, 0) is 33.4 Å². The van der Waals surface area contributed by atoms with Crippen molar-refractivity contribution in [2.24, 2.45) is 5.92 Å². The Balaban J connectivity index is 1.82. The summed E-state index contributed by atoms with van der Waals surface area (Å²) in [5.74, 6) is 0.344. The highest BCUT2D eigenvalue weighted by Crippen LogP contribution is 2.27. The van der Waals surface area contributed by atoms with Crippen molar-refractivity contribution in [3.63, 3.8) is 0 Å². The Morgan fingerprint density at radius 3 is 3.24 bits per heavy atom. The molecular formula is C12H19N3OS. The van der Waals surface area contributed by atoms with Crippen LogP contribution in [0.5, 0.6) is 0 Å². The number of hydrogen-bond acceptors (Lipinski definition) is 4. The molecule has 0 saturated carbocycles. The lowest BCUT2D eigenvalue weighted by Gasteiger charge is -2.21. The number of nitrogens with zero attached hydrogens (tertiary/aromatic N) is 2. The number of thiazole rings is 1. The van der Waals surface area contributed by atoms with Crippen LogP contribution in [0.25, 0.3) is 0 Å². The molecule has 1 unspecified atom stereocenters. The number of hydrogen-bond donors (Lipinski definition) is 1. The first-order chi connectivity index (χ1) is 8.16. The van der Waals surface area contributed by atoms with E-state index in [1.165, 1.54) is 10.6 Å². The zero-order chi connectivity index (χ0) is 12.3. The zero-order valence-corrected chi connectivity index (χ0v) is 11.2. The molecule has 1 aliphatic carbocycles. The van der Waals surface area contributed by atoms with Crippen LogP contribution >= 0.6 is 11.3 Å². The van der Waals surface area contributed by atoms with Crippen molar-refractivity contribution in [3.8, 4) is 0 Å². The molecule has 4 nitrogen and oxygen atoms in total. The van der Waals surface area contributed by atoms with Gasteiger partial charge in [-0.2, -0.15) is 0 Å². The predicted octanol–water partition coefficient (Wildman–Crippen LogP) is 0.926. The molecule has 0 fully saturated rings. The summed E-state index contributed by atoms with van der Waals surface area (Å²) in [6.07, 6.45) is 2.75. The van der Waals surface area contributed by atoms with E-state index < -0.39 is 0 Å². The van der Waals surface area contributed by atoms with Gasteiger partial charge in [0.15, 0.2) is 0 Å². The Kier molecular flexibility index (Phi) is 4.12. The van der Waals surface area contributed by atoms with E-state index in [1.807, 2.05) is 19.6 Å². The van der Waals surface area contributed by atoms with Crippen molar-refractivity contribution in [2.45, 2.75) is 19.3 Å². The molecule has 0 aliphatic heterocycles. The lowest BCUT2D eigenvalue weighted by molar-refractivity contribution is -0.125. The number of aromatic nitrogens is 1. The summed E-state index contributed by atoms with van der Waals surface area (Å²) in [6, 6.07) is 0. The molecule has 1 atom stereocenters. The third-order valence-corrected chi connectivity index (χ3v) is 4.01. The number of carbonyl (C=O) groups is 1. The summed E-state index contributed by atoms with van der Waals surface area (Å²) in [5.41, 5.74) is 3.09. The normalized spacial score (nSPS) is 19.1. The van der Waals surface area contributed by atoms with E-state index in [0.717, 1.165) is 32.4 Å². The minimum absolute atomic E-state index is 0.144. The number of nitrogens with one attached hydrogen (secondary N) is 1. The molecule has 1 aromatic rings. The maximum absolute atomic E-state index is 12.0. The Morgan fingerprint density at radius 1 is 1.65 bits per heavy atom. The first-order valence-electron chi connectivity index (χ1n) is 6.00. The van der Waals surface area contributed by atoms with Crippen molar-refractivity contribution in [1.82, 2.24) is 15.2 Å². The largest absolute Gasteiger partial charge is 0.355 e. The summed E-state index contributed by atoms with van der Waals surface area (Å²) >= 11 is 1.68. The van der Waals surface area contributed by atoms with Gasteiger partial charge in [-0.25, -0.2) is 4.98 Å². The summed E-state index contributed by atoms with van der Waals surface area (Å²) in [4.78, 5) is 19.6. The van der Waals surface area contributed by atoms with Crippen molar-refractivity contribution < 1.29 is 4.79 Å². The van der Waals surface area contributed by atoms with Crippen molar-refractivity contribution in [3.05, 3.63) is 16.1 Å². The molecule has 1 amide bonds. The van der Waals surface area contributed by atoms with Gasteiger partial charge >= 0.3 is 0 Å².